The molecule has 1 fully saturated rings. The maximum atomic E-state index is 13.1. The van der Waals surface area contributed by atoms with E-state index in [0.29, 0.717) is 24.7 Å². The highest BCUT2D eigenvalue weighted by molar-refractivity contribution is 5.84. The number of carbonyl (C=O) groups excluding carboxylic acids is 1. The largest absolute Gasteiger partial charge is 0.467 e. The Hall–Kier alpha value is -3.74. The van der Waals surface area contributed by atoms with E-state index in [1.807, 2.05) is 47.4 Å². The highest BCUT2D eigenvalue weighted by atomic mass is 16.5. The van der Waals surface area contributed by atoms with E-state index in [9.17, 15) is 4.79 Å². The molecule has 0 bridgehead atoms. The first kappa shape index (κ1) is 20.2. The molecule has 7 nitrogen and oxygen atoms in total. The summed E-state index contributed by atoms with van der Waals surface area (Å²) < 4.78 is 11.9. The zero-order valence-corrected chi connectivity index (χ0v) is 17.7. The molecule has 2 aromatic carbocycles. The van der Waals surface area contributed by atoms with Gasteiger partial charge in [0.1, 0.15) is 18.1 Å². The van der Waals surface area contributed by atoms with Crippen molar-refractivity contribution in [1.29, 1.82) is 0 Å². The number of carbonyl (C=O) groups is 1. The van der Waals surface area contributed by atoms with E-state index in [1.165, 1.54) is 6.33 Å². The molecule has 1 atom stereocenters. The average molecular weight is 428 g/mol. The molecule has 1 amide bonds. The lowest BCUT2D eigenvalue weighted by atomic mass is 10.0. The average Bonchev–Trinajstić information content (AvgIpc) is 3.31. The maximum absolute atomic E-state index is 13.1. The van der Waals surface area contributed by atoms with Crippen molar-refractivity contribution in [3.8, 4) is 5.88 Å². The maximum Gasteiger partial charge on any atom is 0.261 e. The predicted molar refractivity (Wildman–Crippen MR) is 119 cm³/mol. The highest BCUT2D eigenvalue weighted by Gasteiger charge is 2.31. The van der Waals surface area contributed by atoms with Gasteiger partial charge in [0.15, 0.2) is 6.61 Å². The predicted octanol–water partition coefficient (Wildman–Crippen LogP) is 4.34. The standard InChI is InChI=1S/C25H24N4O3/c30-23(16-31-24-20-10-4-5-11-21(20)27-17-28-24)29-13-7-6-12-22(29)25-26-15-19(32-25)14-18-8-2-1-3-9-18/h1-5,8-11,15,17,22H,6-7,12-14,16H2. The molecule has 0 spiro atoms. The zero-order chi connectivity index (χ0) is 21.8. The molecule has 1 saturated heterocycles. The van der Waals surface area contributed by atoms with Crippen LogP contribution in [0.5, 0.6) is 5.88 Å². The van der Waals surface area contributed by atoms with Crippen molar-refractivity contribution in [3.63, 3.8) is 0 Å². The molecular formula is C25H24N4O3. The number of para-hydroxylation sites is 1. The number of piperidine rings is 1. The molecule has 2 aromatic heterocycles. The third-order valence-electron chi connectivity index (χ3n) is 5.74. The summed E-state index contributed by atoms with van der Waals surface area (Å²) >= 11 is 0. The lowest BCUT2D eigenvalue weighted by Crippen LogP contribution is -2.41. The summed E-state index contributed by atoms with van der Waals surface area (Å²) in [5, 5.41) is 0.788. The van der Waals surface area contributed by atoms with Crippen LogP contribution in [0.15, 0.2) is 71.5 Å². The van der Waals surface area contributed by atoms with Crippen LogP contribution in [0, 0.1) is 0 Å². The number of amides is 1. The minimum absolute atomic E-state index is 0.0882. The summed E-state index contributed by atoms with van der Waals surface area (Å²) in [6.07, 6.45) is 6.71. The van der Waals surface area contributed by atoms with E-state index in [0.717, 1.165) is 41.5 Å². The number of oxazole rings is 1. The fourth-order valence-electron chi connectivity index (χ4n) is 4.15. The van der Waals surface area contributed by atoms with Gasteiger partial charge in [-0.2, -0.15) is 0 Å². The van der Waals surface area contributed by atoms with Gasteiger partial charge in [-0.25, -0.2) is 15.0 Å². The second-order valence-electron chi connectivity index (χ2n) is 7.91. The van der Waals surface area contributed by atoms with E-state index >= 15 is 0 Å². The Labute approximate surface area is 186 Å². The molecule has 1 unspecified atom stereocenters. The molecule has 0 N–H and O–H groups in total. The smallest absolute Gasteiger partial charge is 0.261 e. The summed E-state index contributed by atoms with van der Waals surface area (Å²) in [6.45, 7) is 0.572. The molecule has 7 heteroatoms. The molecule has 4 aromatic rings. The van der Waals surface area contributed by atoms with Crippen molar-refractivity contribution in [2.75, 3.05) is 13.2 Å². The number of fused-ring (bicyclic) bond motifs is 1. The van der Waals surface area contributed by atoms with Gasteiger partial charge in [0.05, 0.1) is 17.1 Å². The molecule has 0 aliphatic carbocycles. The third-order valence-corrected chi connectivity index (χ3v) is 5.74. The number of ether oxygens (including phenoxy) is 1. The summed E-state index contributed by atoms with van der Waals surface area (Å²) in [7, 11) is 0. The molecule has 1 aliphatic rings. The summed E-state index contributed by atoms with van der Waals surface area (Å²) in [4.78, 5) is 27.9. The molecule has 3 heterocycles. The van der Waals surface area contributed by atoms with Crippen molar-refractivity contribution in [2.45, 2.75) is 31.7 Å². The topological polar surface area (TPSA) is 81.4 Å². The normalized spacial score (nSPS) is 16.2. The van der Waals surface area contributed by atoms with E-state index in [1.54, 1.807) is 6.20 Å². The number of nitrogens with zero attached hydrogens (tertiary/aromatic N) is 4. The van der Waals surface area contributed by atoms with Gasteiger partial charge >= 0.3 is 0 Å². The Kier molecular flexibility index (Phi) is 5.79. The number of benzene rings is 2. The van der Waals surface area contributed by atoms with Crippen LogP contribution in [-0.2, 0) is 11.2 Å². The van der Waals surface area contributed by atoms with E-state index < -0.39 is 0 Å². The molecule has 32 heavy (non-hydrogen) atoms. The van der Waals surface area contributed by atoms with Gasteiger partial charge in [-0.1, -0.05) is 42.5 Å². The fourth-order valence-corrected chi connectivity index (χ4v) is 4.15. The first-order chi connectivity index (χ1) is 15.8. The van der Waals surface area contributed by atoms with Crippen molar-refractivity contribution in [3.05, 3.63) is 84.3 Å². The van der Waals surface area contributed by atoms with Gasteiger partial charge in [0.2, 0.25) is 11.8 Å². The SMILES string of the molecule is O=C(COc1ncnc2ccccc12)N1CCCCC1c1ncc(Cc2ccccc2)o1. The zero-order valence-electron chi connectivity index (χ0n) is 17.7. The van der Waals surface area contributed by atoms with Gasteiger partial charge in [0, 0.05) is 13.0 Å². The van der Waals surface area contributed by atoms with Crippen LogP contribution >= 0.6 is 0 Å². The van der Waals surface area contributed by atoms with E-state index in [2.05, 4.69) is 27.1 Å². The lowest BCUT2D eigenvalue weighted by molar-refractivity contribution is -0.137. The van der Waals surface area contributed by atoms with Crippen molar-refractivity contribution >= 4 is 16.8 Å². The van der Waals surface area contributed by atoms with E-state index in [-0.39, 0.29) is 18.6 Å². The van der Waals surface area contributed by atoms with Crippen LogP contribution in [0.2, 0.25) is 0 Å². The van der Waals surface area contributed by atoms with Crippen LogP contribution in [0.1, 0.15) is 42.5 Å². The van der Waals surface area contributed by atoms with Gasteiger partial charge in [-0.05, 0) is 37.0 Å². The van der Waals surface area contributed by atoms with E-state index in [4.69, 9.17) is 9.15 Å². The van der Waals surface area contributed by atoms with Crippen LogP contribution < -0.4 is 4.74 Å². The number of rotatable bonds is 6. The number of hydrogen-bond donors (Lipinski definition) is 0. The van der Waals surface area contributed by atoms with Gasteiger partial charge in [-0.15, -0.1) is 0 Å². The Balaban J connectivity index is 1.28. The molecule has 5 rings (SSSR count). The molecule has 1 aliphatic heterocycles. The quantitative estimate of drug-likeness (QED) is 0.454. The van der Waals surface area contributed by atoms with Crippen molar-refractivity contribution in [2.24, 2.45) is 0 Å². The van der Waals surface area contributed by atoms with Crippen molar-refractivity contribution < 1.29 is 13.9 Å². The Morgan fingerprint density at radius 2 is 1.88 bits per heavy atom. The van der Waals surface area contributed by atoms with Crippen LogP contribution in [0.25, 0.3) is 10.9 Å². The monoisotopic (exact) mass is 428 g/mol. The summed E-state index contributed by atoms with van der Waals surface area (Å²) in [5.41, 5.74) is 1.95. The second kappa shape index (κ2) is 9.18. The van der Waals surface area contributed by atoms with Crippen LogP contribution in [-0.4, -0.2) is 38.9 Å². The minimum Gasteiger partial charge on any atom is -0.467 e. The highest BCUT2D eigenvalue weighted by Crippen LogP contribution is 2.31. The van der Waals surface area contributed by atoms with Gasteiger partial charge < -0.3 is 14.1 Å². The van der Waals surface area contributed by atoms with Crippen molar-refractivity contribution in [1.82, 2.24) is 19.9 Å². The minimum atomic E-state index is -0.175. The second-order valence-corrected chi connectivity index (χ2v) is 7.91. The first-order valence-corrected chi connectivity index (χ1v) is 10.9. The fraction of sp³-hybridized carbons (Fsp3) is 0.280. The van der Waals surface area contributed by atoms with Crippen LogP contribution in [0.3, 0.4) is 0 Å². The molecule has 0 saturated carbocycles. The van der Waals surface area contributed by atoms with Gasteiger partial charge in [0.25, 0.3) is 5.91 Å². The molecule has 0 radical (unpaired) electrons. The first-order valence-electron chi connectivity index (χ1n) is 10.9. The summed E-state index contributed by atoms with van der Waals surface area (Å²) in [5.74, 6) is 1.71. The number of likely N-dealkylation sites (tertiary alicyclic amines) is 1. The Bertz CT molecular complexity index is 1200. The Morgan fingerprint density at radius 1 is 1.03 bits per heavy atom. The van der Waals surface area contributed by atoms with Crippen LogP contribution in [0.4, 0.5) is 0 Å². The Morgan fingerprint density at radius 3 is 2.78 bits per heavy atom. The number of hydrogen-bond acceptors (Lipinski definition) is 6. The third kappa shape index (κ3) is 4.32. The lowest BCUT2D eigenvalue weighted by Gasteiger charge is -2.33. The number of aromatic nitrogens is 3. The van der Waals surface area contributed by atoms with Gasteiger partial charge in [-0.3, -0.25) is 4.79 Å². The molecule has 162 valence electrons. The summed E-state index contributed by atoms with van der Waals surface area (Å²) in [6, 6.07) is 17.5. The molecular weight excluding hydrogens is 404 g/mol.